The maximum Gasteiger partial charge on any atom is 0.446 e. The Hall–Kier alpha value is -3.12. The van der Waals surface area contributed by atoms with Gasteiger partial charge >= 0.3 is 6.18 Å². The third-order valence-corrected chi connectivity index (χ3v) is 4.09. The summed E-state index contributed by atoms with van der Waals surface area (Å²) < 4.78 is 46.9. The summed E-state index contributed by atoms with van der Waals surface area (Å²) in [5, 5.41) is 2.32. The van der Waals surface area contributed by atoms with Crippen molar-refractivity contribution in [2.24, 2.45) is 0 Å². The summed E-state index contributed by atoms with van der Waals surface area (Å²) in [6.45, 7) is 3.89. The Balaban J connectivity index is 2.39. The molecule has 0 fully saturated rings. The molecule has 2 aromatic rings. The fourth-order valence-electron chi connectivity index (χ4n) is 2.63. The fourth-order valence-corrected chi connectivity index (χ4v) is 2.63. The van der Waals surface area contributed by atoms with Gasteiger partial charge in [-0.2, -0.15) is 13.2 Å². The summed E-state index contributed by atoms with van der Waals surface area (Å²) in [4.78, 5) is 39.9. The number of methoxy groups -OCH3 is 1. The van der Waals surface area contributed by atoms with Crippen LogP contribution in [0.5, 0.6) is 0 Å². The van der Waals surface area contributed by atoms with Gasteiger partial charge in [0.2, 0.25) is 11.9 Å². The standard InChI is InChI=1S/C18H20F3N5O4/c1-10-8-14(25-16(23-10)24-12(3)27)11(2)17(29-4,18(19,20)21)30-26-15(28)13-6-5-7-22-9-13/h5-9,11H,1-4H3,(H,26,28)(H,23,24,25,27). The van der Waals surface area contributed by atoms with Gasteiger partial charge in [0.1, 0.15) is 0 Å². The van der Waals surface area contributed by atoms with E-state index in [9.17, 15) is 22.8 Å². The van der Waals surface area contributed by atoms with Crippen LogP contribution >= 0.6 is 0 Å². The van der Waals surface area contributed by atoms with Crippen LogP contribution in [0.2, 0.25) is 0 Å². The van der Waals surface area contributed by atoms with Crippen LogP contribution in [-0.2, 0) is 14.4 Å². The topological polar surface area (TPSA) is 115 Å². The average molecular weight is 427 g/mol. The van der Waals surface area contributed by atoms with Crippen LogP contribution < -0.4 is 10.8 Å². The molecule has 2 amide bonds. The van der Waals surface area contributed by atoms with E-state index in [1.165, 1.54) is 38.2 Å². The van der Waals surface area contributed by atoms with Crippen LogP contribution in [0.25, 0.3) is 0 Å². The zero-order chi connectivity index (χ0) is 22.5. The van der Waals surface area contributed by atoms with E-state index < -0.39 is 29.7 Å². The van der Waals surface area contributed by atoms with Gasteiger partial charge in [-0.05, 0) is 25.1 Å². The molecule has 0 aromatic carbocycles. The number of nitrogens with zero attached hydrogens (tertiary/aromatic N) is 3. The summed E-state index contributed by atoms with van der Waals surface area (Å²) in [5.74, 6) is -6.45. The number of halogens is 3. The molecule has 0 aliphatic rings. The van der Waals surface area contributed by atoms with E-state index in [0.717, 1.165) is 20.2 Å². The zero-order valence-electron chi connectivity index (χ0n) is 16.6. The molecule has 0 bridgehead atoms. The second-order valence-electron chi connectivity index (χ2n) is 6.31. The highest BCUT2D eigenvalue weighted by atomic mass is 19.4. The van der Waals surface area contributed by atoms with Crippen LogP contribution in [0.15, 0.2) is 30.6 Å². The highest BCUT2D eigenvalue weighted by Gasteiger charge is 2.62. The molecule has 0 spiro atoms. The Kier molecular flexibility index (Phi) is 7.05. The van der Waals surface area contributed by atoms with Crippen molar-refractivity contribution in [2.75, 3.05) is 12.4 Å². The van der Waals surface area contributed by atoms with Gasteiger partial charge < -0.3 is 4.74 Å². The highest BCUT2D eigenvalue weighted by molar-refractivity contribution is 5.93. The third-order valence-electron chi connectivity index (χ3n) is 4.09. The smallest absolute Gasteiger partial charge is 0.344 e. The largest absolute Gasteiger partial charge is 0.446 e. The van der Waals surface area contributed by atoms with Crippen molar-refractivity contribution in [3.8, 4) is 0 Å². The van der Waals surface area contributed by atoms with Crippen LogP contribution in [0.3, 0.4) is 0 Å². The van der Waals surface area contributed by atoms with Gasteiger partial charge in [0, 0.05) is 32.1 Å². The lowest BCUT2D eigenvalue weighted by Gasteiger charge is -2.37. The number of nitrogens with one attached hydrogen (secondary N) is 2. The number of amides is 2. The van der Waals surface area contributed by atoms with Crippen molar-refractivity contribution < 1.29 is 32.3 Å². The molecular weight excluding hydrogens is 407 g/mol. The first-order valence-electron chi connectivity index (χ1n) is 8.63. The molecule has 0 radical (unpaired) electrons. The van der Waals surface area contributed by atoms with E-state index in [-0.39, 0.29) is 17.2 Å². The molecule has 162 valence electrons. The SMILES string of the molecule is COC(ONC(=O)c1cccnc1)(C(C)c1cc(C)nc(NC(C)=O)n1)C(F)(F)F. The number of carbonyl (C=O) groups excluding carboxylic acids is 2. The monoisotopic (exact) mass is 427 g/mol. The number of aromatic nitrogens is 3. The number of ether oxygens (including phenoxy) is 1. The molecule has 2 heterocycles. The molecule has 30 heavy (non-hydrogen) atoms. The van der Waals surface area contributed by atoms with Gasteiger partial charge in [-0.15, -0.1) is 0 Å². The molecule has 0 aliphatic carbocycles. The van der Waals surface area contributed by atoms with Gasteiger partial charge in [0.15, 0.2) is 0 Å². The lowest BCUT2D eigenvalue weighted by atomic mass is 9.95. The molecule has 9 nitrogen and oxygen atoms in total. The maximum absolute atomic E-state index is 14.0. The number of hydroxylamine groups is 1. The average Bonchev–Trinajstić information content (AvgIpc) is 2.67. The summed E-state index contributed by atoms with van der Waals surface area (Å²) in [7, 11) is 0.795. The van der Waals surface area contributed by atoms with Crippen molar-refractivity contribution in [1.29, 1.82) is 0 Å². The minimum atomic E-state index is -5.07. The van der Waals surface area contributed by atoms with Crippen molar-refractivity contribution in [1.82, 2.24) is 20.4 Å². The lowest BCUT2D eigenvalue weighted by molar-refractivity contribution is -0.393. The first kappa shape index (κ1) is 23.2. The van der Waals surface area contributed by atoms with Crippen molar-refractivity contribution >= 4 is 17.8 Å². The van der Waals surface area contributed by atoms with E-state index in [1.807, 2.05) is 0 Å². The van der Waals surface area contributed by atoms with E-state index in [2.05, 4.69) is 20.3 Å². The van der Waals surface area contributed by atoms with Crippen LogP contribution in [-0.4, -0.2) is 45.8 Å². The fraction of sp³-hybridized carbons (Fsp3) is 0.389. The Morgan fingerprint density at radius 3 is 2.47 bits per heavy atom. The van der Waals surface area contributed by atoms with Crippen LogP contribution in [0.1, 0.15) is 41.5 Å². The number of anilines is 1. The van der Waals surface area contributed by atoms with E-state index in [0.29, 0.717) is 5.69 Å². The summed E-state index contributed by atoms with van der Waals surface area (Å²) in [5.41, 5.74) is 1.94. The predicted octanol–water partition coefficient (Wildman–Crippen LogP) is 2.51. The molecule has 0 saturated heterocycles. The minimum Gasteiger partial charge on any atom is -0.344 e. The van der Waals surface area contributed by atoms with Gasteiger partial charge in [-0.25, -0.2) is 20.3 Å². The van der Waals surface area contributed by atoms with E-state index in [1.54, 1.807) is 5.48 Å². The maximum atomic E-state index is 14.0. The summed E-state index contributed by atoms with van der Waals surface area (Å²) in [6.07, 6.45) is -2.51. The van der Waals surface area contributed by atoms with Crippen LogP contribution in [0, 0.1) is 6.92 Å². The van der Waals surface area contributed by atoms with Gasteiger partial charge in [0.05, 0.1) is 17.2 Å². The van der Waals surface area contributed by atoms with E-state index >= 15 is 0 Å². The Morgan fingerprint density at radius 2 is 1.93 bits per heavy atom. The van der Waals surface area contributed by atoms with Gasteiger partial charge in [-0.1, -0.05) is 6.92 Å². The number of alkyl halides is 3. The number of rotatable bonds is 7. The Bertz CT molecular complexity index is 910. The number of pyridine rings is 1. The number of hydrogen-bond donors (Lipinski definition) is 2. The van der Waals surface area contributed by atoms with Crippen molar-refractivity contribution in [2.45, 2.75) is 38.7 Å². The van der Waals surface area contributed by atoms with Gasteiger partial charge in [0.25, 0.3) is 11.7 Å². The lowest BCUT2D eigenvalue weighted by Crippen LogP contribution is -2.56. The Labute approximate surface area is 170 Å². The molecule has 0 saturated carbocycles. The van der Waals surface area contributed by atoms with Crippen LogP contribution in [0.4, 0.5) is 19.1 Å². The molecule has 2 N–H and O–H groups in total. The zero-order valence-corrected chi connectivity index (χ0v) is 16.6. The van der Waals surface area contributed by atoms with Crippen molar-refractivity contribution in [3.63, 3.8) is 0 Å². The second-order valence-corrected chi connectivity index (χ2v) is 6.31. The molecule has 2 aromatic heterocycles. The normalized spacial score (nSPS) is 14.5. The molecular formula is C18H20F3N5O4. The molecule has 12 heteroatoms. The third kappa shape index (κ3) is 5.07. The van der Waals surface area contributed by atoms with E-state index in [4.69, 9.17) is 9.57 Å². The predicted molar refractivity (Wildman–Crippen MR) is 98.1 cm³/mol. The molecule has 2 unspecified atom stereocenters. The summed E-state index contributed by atoms with van der Waals surface area (Å²) >= 11 is 0. The number of aryl methyl sites for hydroxylation is 1. The summed E-state index contributed by atoms with van der Waals surface area (Å²) in [6, 6.07) is 4.09. The molecule has 0 aliphatic heterocycles. The first-order valence-corrected chi connectivity index (χ1v) is 8.63. The van der Waals surface area contributed by atoms with Gasteiger partial charge in [-0.3, -0.25) is 19.9 Å². The Morgan fingerprint density at radius 1 is 1.23 bits per heavy atom. The highest BCUT2D eigenvalue weighted by Crippen LogP contribution is 2.44. The second kappa shape index (κ2) is 9.13. The number of hydrogen-bond acceptors (Lipinski definition) is 7. The number of carbonyl (C=O) groups is 2. The van der Waals surface area contributed by atoms with Crippen molar-refractivity contribution in [3.05, 3.63) is 47.5 Å². The molecule has 2 atom stereocenters. The minimum absolute atomic E-state index is 0.0110. The molecule has 2 rings (SSSR count). The quantitative estimate of drug-likeness (QED) is 0.515. The first-order chi connectivity index (χ1) is 14.0.